The molecule has 1 aliphatic rings. The van der Waals surface area contributed by atoms with Crippen molar-refractivity contribution in [3.63, 3.8) is 0 Å². The minimum Gasteiger partial charge on any atom is -0.496 e. The van der Waals surface area contributed by atoms with Crippen molar-refractivity contribution in [2.24, 2.45) is 0 Å². The lowest BCUT2D eigenvalue weighted by Crippen LogP contribution is -2.50. The molecule has 2 amide bonds. The van der Waals surface area contributed by atoms with Crippen LogP contribution in [0.5, 0.6) is 5.75 Å². The van der Waals surface area contributed by atoms with Crippen LogP contribution in [0.3, 0.4) is 0 Å². The third-order valence-electron chi connectivity index (χ3n) is 4.31. The monoisotopic (exact) mass is 391 g/mol. The predicted octanol–water partition coefficient (Wildman–Crippen LogP) is 0.0638. The first kappa shape index (κ1) is 21.9. The second-order valence-corrected chi connectivity index (χ2v) is 6.90. The molecule has 0 fully saturated rings. The molecule has 3 atom stereocenters. The first-order chi connectivity index (χ1) is 13.4. The van der Waals surface area contributed by atoms with Crippen molar-refractivity contribution in [1.29, 1.82) is 0 Å². The third-order valence-corrected chi connectivity index (χ3v) is 4.31. The highest BCUT2D eigenvalue weighted by atomic mass is 16.5. The Morgan fingerprint density at radius 3 is 2.64 bits per heavy atom. The van der Waals surface area contributed by atoms with Crippen LogP contribution >= 0.6 is 0 Å². The lowest BCUT2D eigenvalue weighted by molar-refractivity contribution is -0.128. The highest BCUT2D eigenvalue weighted by Crippen LogP contribution is 2.18. The van der Waals surface area contributed by atoms with Crippen LogP contribution in [0.4, 0.5) is 0 Å². The molecule has 0 aromatic heterocycles. The fourth-order valence-corrected chi connectivity index (χ4v) is 2.95. The van der Waals surface area contributed by atoms with Crippen molar-refractivity contribution >= 4 is 11.8 Å². The molecule has 0 unspecified atom stereocenters. The van der Waals surface area contributed by atoms with Crippen LogP contribution in [0, 0.1) is 0 Å². The summed E-state index contributed by atoms with van der Waals surface area (Å²) in [6.07, 6.45) is 2.59. The Balaban J connectivity index is 1.86. The standard InChI is InChI=1S/C20H29N3O5/c1-23(2)12-20(26)22-16-9-8-15(28-18(16)13-24)10-19(25)21-11-14-6-4-5-7-17(14)27-3/h4-9,15-16,18,24H,10-13H2,1-3H3,(H,21,25)(H,22,26)/t15-,16+,18-/m0/s1. The topological polar surface area (TPSA) is 100 Å². The number of para-hydroxylation sites is 1. The van der Waals surface area contributed by atoms with Crippen molar-refractivity contribution in [2.75, 3.05) is 34.4 Å². The van der Waals surface area contributed by atoms with Gasteiger partial charge in [0, 0.05) is 12.1 Å². The van der Waals surface area contributed by atoms with Crippen LogP contribution in [0.2, 0.25) is 0 Å². The molecule has 0 saturated heterocycles. The number of rotatable bonds is 9. The number of aliphatic hydroxyl groups excluding tert-OH is 1. The number of nitrogens with zero attached hydrogens (tertiary/aromatic N) is 1. The van der Waals surface area contributed by atoms with Crippen molar-refractivity contribution < 1.29 is 24.2 Å². The van der Waals surface area contributed by atoms with Crippen molar-refractivity contribution in [3.05, 3.63) is 42.0 Å². The summed E-state index contributed by atoms with van der Waals surface area (Å²) in [7, 11) is 5.19. The first-order valence-corrected chi connectivity index (χ1v) is 9.20. The second kappa shape index (κ2) is 10.8. The molecule has 2 rings (SSSR count). The zero-order chi connectivity index (χ0) is 20.5. The molecule has 0 radical (unpaired) electrons. The quantitative estimate of drug-likeness (QED) is 0.515. The maximum absolute atomic E-state index is 12.3. The number of nitrogens with one attached hydrogen (secondary N) is 2. The minimum absolute atomic E-state index is 0.126. The van der Waals surface area contributed by atoms with Crippen LogP contribution in [-0.2, 0) is 20.9 Å². The first-order valence-electron chi connectivity index (χ1n) is 9.20. The van der Waals surface area contributed by atoms with E-state index in [1.807, 2.05) is 24.3 Å². The molecule has 0 bridgehead atoms. The van der Waals surface area contributed by atoms with Crippen molar-refractivity contribution in [2.45, 2.75) is 31.2 Å². The molecule has 8 heteroatoms. The summed E-state index contributed by atoms with van der Waals surface area (Å²) in [5.41, 5.74) is 0.885. The molecule has 0 aliphatic carbocycles. The summed E-state index contributed by atoms with van der Waals surface area (Å²) in [5, 5.41) is 15.2. The number of aliphatic hydroxyl groups is 1. The van der Waals surface area contributed by atoms with Gasteiger partial charge < -0.3 is 30.1 Å². The second-order valence-electron chi connectivity index (χ2n) is 6.90. The van der Waals surface area contributed by atoms with Crippen LogP contribution < -0.4 is 15.4 Å². The fraction of sp³-hybridized carbons (Fsp3) is 0.500. The van der Waals surface area contributed by atoms with Gasteiger partial charge in [0.25, 0.3) is 0 Å². The summed E-state index contributed by atoms with van der Waals surface area (Å²) < 4.78 is 11.0. The van der Waals surface area contributed by atoms with Gasteiger partial charge in [0.2, 0.25) is 11.8 Å². The van der Waals surface area contributed by atoms with Gasteiger partial charge >= 0.3 is 0 Å². The van der Waals surface area contributed by atoms with Crippen LogP contribution in [0.25, 0.3) is 0 Å². The van der Waals surface area contributed by atoms with E-state index in [0.717, 1.165) is 5.56 Å². The number of benzene rings is 1. The van der Waals surface area contributed by atoms with E-state index in [0.29, 0.717) is 12.3 Å². The Bertz CT molecular complexity index is 692. The molecule has 28 heavy (non-hydrogen) atoms. The van der Waals surface area contributed by atoms with Gasteiger partial charge in [0.1, 0.15) is 11.9 Å². The van der Waals surface area contributed by atoms with Gasteiger partial charge in [0.15, 0.2) is 0 Å². The Labute approximate surface area is 165 Å². The number of hydrogen-bond donors (Lipinski definition) is 3. The molecule has 3 N–H and O–H groups in total. The van der Waals surface area contributed by atoms with Gasteiger partial charge in [-0.3, -0.25) is 9.59 Å². The average Bonchev–Trinajstić information content (AvgIpc) is 2.67. The summed E-state index contributed by atoms with van der Waals surface area (Å²) in [4.78, 5) is 25.9. The van der Waals surface area contributed by atoms with Gasteiger partial charge in [-0.15, -0.1) is 0 Å². The van der Waals surface area contributed by atoms with E-state index >= 15 is 0 Å². The predicted molar refractivity (Wildman–Crippen MR) is 105 cm³/mol. The summed E-state index contributed by atoms with van der Waals surface area (Å²) in [6.45, 7) is 0.347. The highest BCUT2D eigenvalue weighted by molar-refractivity contribution is 5.79. The number of methoxy groups -OCH3 is 1. The molecular weight excluding hydrogens is 362 g/mol. The van der Waals surface area contributed by atoms with E-state index in [4.69, 9.17) is 9.47 Å². The number of hydrogen-bond acceptors (Lipinski definition) is 6. The Morgan fingerprint density at radius 1 is 1.21 bits per heavy atom. The largest absolute Gasteiger partial charge is 0.496 e. The fourth-order valence-electron chi connectivity index (χ4n) is 2.95. The van der Waals surface area contributed by atoms with Crippen LogP contribution in [0.1, 0.15) is 12.0 Å². The normalized spacial score (nSPS) is 21.4. The van der Waals surface area contributed by atoms with E-state index in [1.54, 1.807) is 38.3 Å². The number of ether oxygens (including phenoxy) is 2. The molecule has 1 heterocycles. The molecule has 1 aromatic rings. The SMILES string of the molecule is COc1ccccc1CNC(=O)C[C@@H]1C=C[C@@H](NC(=O)CN(C)C)[C@H](CO)O1. The number of likely N-dealkylation sites (N-methyl/N-ethyl adjacent to an activating group) is 1. The van der Waals surface area contributed by atoms with Gasteiger partial charge in [-0.2, -0.15) is 0 Å². The zero-order valence-electron chi connectivity index (χ0n) is 16.6. The van der Waals surface area contributed by atoms with E-state index in [9.17, 15) is 14.7 Å². The Kier molecular flexibility index (Phi) is 8.43. The van der Waals surface area contributed by atoms with E-state index < -0.39 is 18.2 Å². The number of carbonyl (C=O) groups excluding carboxylic acids is 2. The lowest BCUT2D eigenvalue weighted by Gasteiger charge is -2.32. The molecular formula is C20H29N3O5. The highest BCUT2D eigenvalue weighted by Gasteiger charge is 2.29. The molecule has 1 aromatic carbocycles. The molecule has 0 saturated carbocycles. The van der Waals surface area contributed by atoms with Gasteiger partial charge in [0.05, 0.1) is 38.8 Å². The Morgan fingerprint density at radius 2 is 1.96 bits per heavy atom. The lowest BCUT2D eigenvalue weighted by atomic mass is 10.0. The third kappa shape index (κ3) is 6.63. The van der Waals surface area contributed by atoms with E-state index in [1.165, 1.54) is 0 Å². The summed E-state index contributed by atoms with van der Waals surface area (Å²) >= 11 is 0. The number of carbonyl (C=O) groups is 2. The maximum Gasteiger partial charge on any atom is 0.234 e. The van der Waals surface area contributed by atoms with E-state index in [2.05, 4.69) is 10.6 Å². The molecule has 8 nitrogen and oxygen atoms in total. The van der Waals surface area contributed by atoms with Gasteiger partial charge in [-0.25, -0.2) is 0 Å². The zero-order valence-corrected chi connectivity index (χ0v) is 16.6. The molecule has 0 spiro atoms. The van der Waals surface area contributed by atoms with Crippen LogP contribution in [0.15, 0.2) is 36.4 Å². The summed E-state index contributed by atoms with van der Waals surface area (Å²) in [6, 6.07) is 7.05. The molecule has 1 aliphatic heterocycles. The van der Waals surface area contributed by atoms with Gasteiger partial charge in [-0.1, -0.05) is 30.4 Å². The van der Waals surface area contributed by atoms with Crippen molar-refractivity contribution in [1.82, 2.24) is 15.5 Å². The average molecular weight is 391 g/mol. The van der Waals surface area contributed by atoms with E-state index in [-0.39, 0.29) is 31.4 Å². The minimum atomic E-state index is -0.594. The summed E-state index contributed by atoms with van der Waals surface area (Å²) in [5.74, 6) is 0.385. The smallest absolute Gasteiger partial charge is 0.234 e. The maximum atomic E-state index is 12.3. The molecule has 154 valence electrons. The number of amides is 2. The van der Waals surface area contributed by atoms with Crippen molar-refractivity contribution in [3.8, 4) is 5.75 Å². The van der Waals surface area contributed by atoms with Gasteiger partial charge in [-0.05, 0) is 20.2 Å². The Hall–Kier alpha value is -2.42. The van der Waals surface area contributed by atoms with Crippen LogP contribution in [-0.4, -0.2) is 74.4 Å².